The van der Waals surface area contributed by atoms with E-state index in [0.717, 1.165) is 0 Å². The van der Waals surface area contributed by atoms with Gasteiger partial charge in [0.2, 0.25) is 5.91 Å². The Hall–Kier alpha value is -1.43. The molecule has 0 bridgehead atoms. The lowest BCUT2D eigenvalue weighted by Crippen LogP contribution is -2.55. The average molecular weight is 346 g/mol. The first kappa shape index (κ1) is 16.6. The van der Waals surface area contributed by atoms with Crippen LogP contribution in [-0.4, -0.2) is 27.9 Å². The van der Waals surface area contributed by atoms with Crippen LogP contribution in [0.2, 0.25) is 0 Å². The summed E-state index contributed by atoms with van der Waals surface area (Å²) in [6.07, 6.45) is 0. The number of rotatable bonds is 4. The third kappa shape index (κ3) is 2.85. The van der Waals surface area contributed by atoms with Crippen molar-refractivity contribution in [2.75, 3.05) is 0 Å². The van der Waals surface area contributed by atoms with Crippen molar-refractivity contribution in [3.8, 4) is 0 Å². The molecule has 1 unspecified atom stereocenters. The molecule has 0 heterocycles. The Kier molecular flexibility index (Phi) is 4.91. The van der Waals surface area contributed by atoms with Crippen LogP contribution in [0, 0.1) is 5.82 Å². The minimum absolute atomic E-state index is 0.162. The highest BCUT2D eigenvalue weighted by Gasteiger charge is 2.44. The van der Waals surface area contributed by atoms with Gasteiger partial charge in [-0.2, -0.15) is 0 Å². The molecule has 1 aromatic rings. The zero-order chi connectivity index (χ0) is 15.7. The van der Waals surface area contributed by atoms with Crippen molar-refractivity contribution in [1.29, 1.82) is 0 Å². The van der Waals surface area contributed by atoms with Gasteiger partial charge in [-0.25, -0.2) is 9.18 Å². The number of amides is 1. The zero-order valence-electron chi connectivity index (χ0n) is 11.8. The monoisotopic (exact) mass is 345 g/mol. The number of hydrogen-bond donors (Lipinski definition) is 1. The standard InChI is InChI=1S/C14H17BrFNO3/c1-8(2)17(9(3)18)14(4,13(19)20)10-5-6-12(16)11(15)7-10/h5-8H,1-4H3,(H,19,20). The molecule has 0 saturated heterocycles. The summed E-state index contributed by atoms with van der Waals surface area (Å²) in [6.45, 7) is 6.23. The fourth-order valence-electron chi connectivity index (χ4n) is 2.36. The van der Waals surface area contributed by atoms with Crippen molar-refractivity contribution in [3.05, 3.63) is 34.1 Å². The fraction of sp³-hybridized carbons (Fsp3) is 0.429. The molecule has 1 atom stereocenters. The highest BCUT2D eigenvalue weighted by molar-refractivity contribution is 9.10. The lowest BCUT2D eigenvalue weighted by molar-refractivity contribution is -0.160. The van der Waals surface area contributed by atoms with Gasteiger partial charge in [0, 0.05) is 13.0 Å². The van der Waals surface area contributed by atoms with Crippen LogP contribution < -0.4 is 0 Å². The molecular weight excluding hydrogens is 329 g/mol. The third-order valence-electron chi connectivity index (χ3n) is 3.24. The molecule has 0 fully saturated rings. The number of carboxylic acids is 1. The maximum Gasteiger partial charge on any atom is 0.334 e. The number of carboxylic acid groups (broad SMARTS) is 1. The largest absolute Gasteiger partial charge is 0.479 e. The van der Waals surface area contributed by atoms with E-state index in [0.29, 0.717) is 5.56 Å². The first-order chi connectivity index (χ1) is 9.12. The third-order valence-corrected chi connectivity index (χ3v) is 3.84. The van der Waals surface area contributed by atoms with Gasteiger partial charge in [-0.05, 0) is 54.4 Å². The van der Waals surface area contributed by atoms with E-state index in [2.05, 4.69) is 15.9 Å². The molecule has 0 aromatic heterocycles. The molecular formula is C14H17BrFNO3. The van der Waals surface area contributed by atoms with E-state index in [1.54, 1.807) is 13.8 Å². The second-order valence-corrected chi connectivity index (χ2v) is 5.84. The summed E-state index contributed by atoms with van der Waals surface area (Å²) >= 11 is 3.04. The first-order valence-corrected chi connectivity index (χ1v) is 6.90. The van der Waals surface area contributed by atoms with Crippen LogP contribution in [0.4, 0.5) is 4.39 Å². The summed E-state index contributed by atoms with van der Waals surface area (Å²) < 4.78 is 13.5. The van der Waals surface area contributed by atoms with Crippen LogP contribution >= 0.6 is 15.9 Å². The number of nitrogens with zero attached hydrogens (tertiary/aromatic N) is 1. The van der Waals surface area contributed by atoms with E-state index in [1.165, 1.54) is 36.9 Å². The normalized spacial score (nSPS) is 13.9. The first-order valence-electron chi connectivity index (χ1n) is 6.11. The van der Waals surface area contributed by atoms with Crippen molar-refractivity contribution in [2.24, 2.45) is 0 Å². The van der Waals surface area contributed by atoms with Crippen LogP contribution in [0.3, 0.4) is 0 Å². The summed E-state index contributed by atoms with van der Waals surface area (Å²) in [6, 6.07) is 3.64. The highest BCUT2D eigenvalue weighted by atomic mass is 79.9. The molecule has 1 amide bonds. The summed E-state index contributed by atoms with van der Waals surface area (Å²) in [4.78, 5) is 24.9. The molecule has 1 rings (SSSR count). The fourth-order valence-corrected chi connectivity index (χ4v) is 2.74. The summed E-state index contributed by atoms with van der Waals surface area (Å²) in [5, 5.41) is 9.61. The minimum Gasteiger partial charge on any atom is -0.479 e. The van der Waals surface area contributed by atoms with Crippen molar-refractivity contribution in [1.82, 2.24) is 4.90 Å². The summed E-state index contributed by atoms with van der Waals surface area (Å²) in [7, 11) is 0. The highest BCUT2D eigenvalue weighted by Crippen LogP contribution is 2.33. The van der Waals surface area contributed by atoms with Crippen LogP contribution in [-0.2, 0) is 15.1 Å². The van der Waals surface area contributed by atoms with Crippen LogP contribution in [0.5, 0.6) is 0 Å². The van der Waals surface area contributed by atoms with E-state index >= 15 is 0 Å². The smallest absolute Gasteiger partial charge is 0.334 e. The molecule has 0 spiro atoms. The van der Waals surface area contributed by atoms with Gasteiger partial charge in [0.25, 0.3) is 0 Å². The molecule has 0 aliphatic carbocycles. The molecule has 4 nitrogen and oxygen atoms in total. The van der Waals surface area contributed by atoms with E-state index in [-0.39, 0.29) is 16.4 Å². The Balaban J connectivity index is 3.51. The van der Waals surface area contributed by atoms with Gasteiger partial charge in [-0.3, -0.25) is 4.79 Å². The van der Waals surface area contributed by atoms with Crippen molar-refractivity contribution >= 4 is 27.8 Å². The maximum absolute atomic E-state index is 13.3. The molecule has 110 valence electrons. The van der Waals surface area contributed by atoms with Crippen molar-refractivity contribution < 1.29 is 19.1 Å². The SMILES string of the molecule is CC(=O)N(C(C)C)C(C)(C(=O)O)c1ccc(F)c(Br)c1. The Morgan fingerprint density at radius 2 is 1.95 bits per heavy atom. The Labute approximate surface area is 125 Å². The van der Waals surface area contributed by atoms with E-state index in [9.17, 15) is 19.1 Å². The molecule has 0 aliphatic rings. The maximum atomic E-state index is 13.3. The number of carbonyl (C=O) groups is 2. The Morgan fingerprint density at radius 3 is 2.30 bits per heavy atom. The van der Waals surface area contributed by atoms with E-state index in [4.69, 9.17) is 0 Å². The zero-order valence-corrected chi connectivity index (χ0v) is 13.4. The van der Waals surface area contributed by atoms with Gasteiger partial charge >= 0.3 is 5.97 Å². The topological polar surface area (TPSA) is 57.6 Å². The van der Waals surface area contributed by atoms with Crippen molar-refractivity contribution in [2.45, 2.75) is 39.3 Å². The number of aliphatic carboxylic acids is 1. The molecule has 20 heavy (non-hydrogen) atoms. The molecule has 0 radical (unpaired) electrons. The van der Waals surface area contributed by atoms with Gasteiger partial charge in [-0.1, -0.05) is 6.07 Å². The number of hydrogen-bond acceptors (Lipinski definition) is 2. The molecule has 0 aliphatic heterocycles. The molecule has 1 aromatic carbocycles. The lowest BCUT2D eigenvalue weighted by atomic mass is 9.88. The Bertz CT molecular complexity index is 547. The second-order valence-electron chi connectivity index (χ2n) is 4.99. The minimum atomic E-state index is -1.56. The summed E-state index contributed by atoms with van der Waals surface area (Å²) in [5.74, 6) is -2.01. The predicted octanol–water partition coefficient (Wildman–Crippen LogP) is 3.14. The summed E-state index contributed by atoms with van der Waals surface area (Å²) in [5.41, 5.74) is -1.22. The van der Waals surface area contributed by atoms with Gasteiger partial charge in [-0.15, -0.1) is 0 Å². The van der Waals surface area contributed by atoms with Crippen LogP contribution in [0.15, 0.2) is 22.7 Å². The predicted molar refractivity (Wildman–Crippen MR) is 76.7 cm³/mol. The van der Waals surface area contributed by atoms with E-state index < -0.39 is 17.3 Å². The van der Waals surface area contributed by atoms with Crippen molar-refractivity contribution in [3.63, 3.8) is 0 Å². The average Bonchev–Trinajstić information content (AvgIpc) is 2.31. The number of benzene rings is 1. The van der Waals surface area contributed by atoms with Gasteiger partial charge in [0.15, 0.2) is 5.54 Å². The molecule has 1 N–H and O–H groups in total. The Morgan fingerprint density at radius 1 is 1.40 bits per heavy atom. The number of halogens is 2. The second kappa shape index (κ2) is 5.91. The molecule has 0 saturated carbocycles. The van der Waals surface area contributed by atoms with Gasteiger partial charge in [0.05, 0.1) is 4.47 Å². The number of carbonyl (C=O) groups excluding carboxylic acids is 1. The van der Waals surface area contributed by atoms with Crippen LogP contribution in [0.1, 0.15) is 33.3 Å². The lowest BCUT2D eigenvalue weighted by Gasteiger charge is -2.40. The van der Waals surface area contributed by atoms with Gasteiger partial charge in [0.1, 0.15) is 5.82 Å². The molecule has 6 heteroatoms. The van der Waals surface area contributed by atoms with Gasteiger partial charge < -0.3 is 10.0 Å². The van der Waals surface area contributed by atoms with Crippen LogP contribution in [0.25, 0.3) is 0 Å². The quantitative estimate of drug-likeness (QED) is 0.911. The van der Waals surface area contributed by atoms with E-state index in [1.807, 2.05) is 0 Å².